The molecule has 0 atom stereocenters. The first-order chi connectivity index (χ1) is 26.3. The van der Waals surface area contributed by atoms with Gasteiger partial charge in [-0.25, -0.2) is 9.59 Å². The molecule has 4 rings (SSSR count). The predicted octanol–water partition coefficient (Wildman–Crippen LogP) is 15.8. The fourth-order valence-corrected chi connectivity index (χ4v) is 5.37. The summed E-state index contributed by atoms with van der Waals surface area (Å²) in [6, 6.07) is 22.6. The number of nitrogen functional groups attached to an aromatic ring is 2. The normalized spacial score (nSPS) is 8.28. The Morgan fingerprint density at radius 1 is 0.562 bits per heavy atom. The minimum absolute atomic E-state index is 0. The van der Waals surface area contributed by atoms with Crippen molar-refractivity contribution < 1.29 is 89.6 Å². The number of carbonyl (C=O) groups excluding carboxylic acids is 2. The zero-order valence-electron chi connectivity index (χ0n) is 31.8. The molecule has 0 amide bonds. The maximum Gasteiger partial charge on any atom is 0.337 e. The number of rotatable bonds is 8. The van der Waals surface area contributed by atoms with Crippen molar-refractivity contribution in [1.82, 2.24) is 0 Å². The van der Waals surface area contributed by atoms with Crippen LogP contribution in [0.4, 0.5) is 22.7 Å². The molecule has 361 valence electrons. The molecule has 1 radical (unpaired) electrons. The van der Waals surface area contributed by atoms with Crippen LogP contribution in [-0.2, 0) is 70.2 Å². The Morgan fingerprint density at radius 2 is 0.906 bits per heavy atom. The van der Waals surface area contributed by atoms with Crippen molar-refractivity contribution in [2.75, 3.05) is 25.7 Å². The van der Waals surface area contributed by atoms with Crippen LogP contribution < -0.4 is 11.5 Å². The maximum absolute atomic E-state index is 11.3. The molecule has 23 heteroatoms. The van der Waals surface area contributed by atoms with E-state index >= 15 is 0 Å². The molecule has 64 heavy (non-hydrogen) atoms. The topological polar surface area (TPSA) is 191 Å². The van der Waals surface area contributed by atoms with Gasteiger partial charge in [0.15, 0.2) is 0 Å². The van der Waals surface area contributed by atoms with Gasteiger partial charge in [-0.2, -0.15) is 0 Å². The second kappa shape index (κ2) is 42.6. The van der Waals surface area contributed by atoms with Crippen molar-refractivity contribution in [3.63, 3.8) is 0 Å². The molecule has 0 saturated carbocycles. The first-order valence-electron chi connectivity index (χ1n) is 14.8. The molecule has 4 N–H and O–H groups in total. The van der Waals surface area contributed by atoms with Crippen LogP contribution in [0.15, 0.2) is 101 Å². The molecule has 12 nitrogen and oxygen atoms in total. The smallest absolute Gasteiger partial charge is 0.337 e. The fraction of sp³-hybridized carbons (Fsp3) is 0.122. The van der Waals surface area contributed by atoms with E-state index in [1.165, 1.54) is 50.6 Å². The van der Waals surface area contributed by atoms with Crippen LogP contribution >= 0.6 is 110 Å². The average molecular weight is 1630 g/mol. The Labute approximate surface area is 470 Å². The summed E-state index contributed by atoms with van der Waals surface area (Å²) in [5, 5.41) is 21.3. The third-order valence-corrected chi connectivity index (χ3v) is 7.69. The van der Waals surface area contributed by atoms with Gasteiger partial charge in [0, 0.05) is 84.2 Å². The number of hydrogen-bond acceptors (Lipinski definition) is 10. The third-order valence-electron chi connectivity index (χ3n) is 6.34. The molecule has 0 aliphatic carbocycles. The summed E-state index contributed by atoms with van der Waals surface area (Å²) in [5.41, 5.74) is 15.5. The number of esters is 2. The molecule has 0 spiro atoms. The van der Waals surface area contributed by atoms with Gasteiger partial charge in [-0.05, 0) is 142 Å². The molecular weight excluding hydrogens is 1580 g/mol. The number of hydrogen-bond donors (Lipinski definition) is 2. The Morgan fingerprint density at radius 3 is 1.31 bits per heavy atom. The van der Waals surface area contributed by atoms with Crippen molar-refractivity contribution >= 4 is 169 Å². The van der Waals surface area contributed by atoms with Crippen LogP contribution in [-0.4, -0.2) is 36.0 Å². The van der Waals surface area contributed by atoms with Crippen LogP contribution in [0.25, 0.3) is 24.3 Å². The second-order valence-corrected chi connectivity index (χ2v) is 17.6. The first-order valence-corrected chi connectivity index (χ1v) is 19.5. The van der Waals surface area contributed by atoms with Gasteiger partial charge in [-0.1, -0.05) is 99.0 Å². The molecule has 0 aliphatic heterocycles. The van der Waals surface area contributed by atoms with Crippen molar-refractivity contribution in [3.05, 3.63) is 169 Å². The molecular formula is C41H46Br4Cl4N4O8Pt2V-2. The summed E-state index contributed by atoms with van der Waals surface area (Å²) in [7, 11) is 2.59. The largest absolute Gasteiger partial charge is 0.465 e. The average Bonchev–Trinajstić information content (AvgIpc) is 3.12. The van der Waals surface area contributed by atoms with E-state index in [2.05, 4.69) is 73.2 Å². The molecule has 0 unspecified atom stereocenters. The van der Waals surface area contributed by atoms with Gasteiger partial charge in [0.05, 0.1) is 53.1 Å². The summed E-state index contributed by atoms with van der Waals surface area (Å²) in [6.07, 6.45) is 6.20. The molecule has 0 heterocycles. The molecule has 4 aromatic carbocycles. The monoisotopic (exact) mass is 1620 g/mol. The van der Waals surface area contributed by atoms with E-state index < -0.39 is 15.8 Å². The Bertz CT molecular complexity index is 2180. The summed E-state index contributed by atoms with van der Waals surface area (Å²) in [5.74, 6) is -0.921. The van der Waals surface area contributed by atoms with E-state index in [9.17, 15) is 29.8 Å². The fourth-order valence-electron chi connectivity index (χ4n) is 3.91. The van der Waals surface area contributed by atoms with Crippen LogP contribution in [0.1, 0.15) is 65.2 Å². The van der Waals surface area contributed by atoms with Gasteiger partial charge < -0.3 is 35.8 Å². The Kier molecular flexibility index (Phi) is 52.8. The zero-order valence-corrected chi connectivity index (χ0v) is 47.1. The number of benzene rings is 4. The number of nitro groups is 2. The number of nitrogens with zero attached hydrogens (tertiary/aromatic N) is 2. The SMILES string of the molecule is C.C.C.COC(=O)c1ccc(N)c(C=C(Br)Br)c1.COC(=O)c1ccc([N+](=O)[O-])c(C=C(Br)Br)c1.Nc1ccccc1C=C(Cl)Cl.O=[N+]([O-])c1ccccc1C=C(Cl)Cl.[CH3-].[CH3-].[Pt].[Pt].[V]. The second-order valence-electron chi connectivity index (χ2n) is 10.0. The molecule has 0 bridgehead atoms. The van der Waals surface area contributed by atoms with E-state index in [0.29, 0.717) is 31.5 Å². The van der Waals surface area contributed by atoms with Crippen LogP contribution in [0.3, 0.4) is 0 Å². The first kappa shape index (κ1) is 79.3. The van der Waals surface area contributed by atoms with Crippen LogP contribution in [0.2, 0.25) is 0 Å². The summed E-state index contributed by atoms with van der Waals surface area (Å²) in [6.45, 7) is 0. The zero-order chi connectivity index (χ0) is 42.5. The van der Waals surface area contributed by atoms with Crippen LogP contribution in [0, 0.1) is 35.1 Å². The van der Waals surface area contributed by atoms with E-state index in [0.717, 1.165) is 14.5 Å². The number of carbonyl (C=O) groups is 2. The van der Waals surface area contributed by atoms with E-state index in [1.807, 2.05) is 18.2 Å². The van der Waals surface area contributed by atoms with Crippen molar-refractivity contribution in [1.29, 1.82) is 0 Å². The number of para-hydroxylation sites is 2. The molecule has 4 aromatic rings. The van der Waals surface area contributed by atoms with Crippen LogP contribution in [0.5, 0.6) is 0 Å². The van der Waals surface area contributed by atoms with Gasteiger partial charge in [-0.3, -0.25) is 20.2 Å². The number of nitro benzene ring substituents is 2. The third kappa shape index (κ3) is 31.2. The molecule has 0 saturated heterocycles. The van der Waals surface area contributed by atoms with Gasteiger partial charge in [-0.15, -0.1) is 0 Å². The number of anilines is 2. The van der Waals surface area contributed by atoms with Crippen molar-refractivity contribution in [3.8, 4) is 0 Å². The number of nitrogens with two attached hydrogens (primary N) is 2. The summed E-state index contributed by atoms with van der Waals surface area (Å²) < 4.78 is 10.7. The Hall–Kier alpha value is -1.78. The minimum Gasteiger partial charge on any atom is -0.465 e. The van der Waals surface area contributed by atoms with Gasteiger partial charge in [0.2, 0.25) is 0 Å². The van der Waals surface area contributed by atoms with Crippen molar-refractivity contribution in [2.24, 2.45) is 0 Å². The standard InChI is InChI=1S/C10H7Br2NO4.C10H9Br2NO2.C8H5Cl2NO2.C8H7Cl2N.3CH4.2CH3.2Pt.V/c1-17-10(14)6-2-3-8(13(15)16)7(4-6)5-9(11)12;1-15-10(14)6-2-3-8(13)7(4-6)5-9(11)12;9-8(10)5-6-3-1-2-4-7(6)11(12)13;9-8(10)5-6-3-1-2-4-7(6)11;;;;;;;;/h2-5H,1H3;2-5H,13H2,1H3;1-5H;1-5H,11H2;3*1H4;2*1H3;;;/q;;;;;;;2*-1;;;. The number of methoxy groups -OCH3 is 2. The van der Waals surface area contributed by atoms with Gasteiger partial charge in [0.1, 0.15) is 8.98 Å². The number of halogens is 8. The van der Waals surface area contributed by atoms with Gasteiger partial charge >= 0.3 is 11.9 Å². The maximum atomic E-state index is 11.3. The number of ether oxygens (including phenoxy) is 2. The molecule has 0 aliphatic rings. The predicted molar refractivity (Wildman–Crippen MR) is 275 cm³/mol. The van der Waals surface area contributed by atoms with E-state index in [-0.39, 0.29) is 130 Å². The van der Waals surface area contributed by atoms with E-state index in [4.69, 9.17) is 57.9 Å². The van der Waals surface area contributed by atoms with Gasteiger partial charge in [0.25, 0.3) is 11.4 Å². The quantitative estimate of drug-likeness (QED) is 0.0564. The van der Waals surface area contributed by atoms with E-state index in [1.54, 1.807) is 54.6 Å². The Balaban J connectivity index is -0.000000105. The van der Waals surface area contributed by atoms with Crippen molar-refractivity contribution in [2.45, 2.75) is 22.3 Å². The minimum atomic E-state index is -0.541. The molecule has 0 aromatic heterocycles. The summed E-state index contributed by atoms with van der Waals surface area (Å²) in [4.78, 5) is 42.8. The summed E-state index contributed by atoms with van der Waals surface area (Å²) >= 11 is 34.4. The molecule has 0 fully saturated rings.